The summed E-state index contributed by atoms with van der Waals surface area (Å²) in [5.41, 5.74) is 1.52. The molecule has 1 aromatic carbocycles. The van der Waals surface area contributed by atoms with E-state index in [2.05, 4.69) is 20.0 Å². The number of nitrogens with zero attached hydrogens (tertiary/aromatic N) is 6. The Morgan fingerprint density at radius 2 is 1.93 bits per heavy atom. The maximum absolute atomic E-state index is 12.8. The van der Waals surface area contributed by atoms with Gasteiger partial charge in [0.15, 0.2) is 5.65 Å². The van der Waals surface area contributed by atoms with Crippen LogP contribution in [0.5, 0.6) is 0 Å². The van der Waals surface area contributed by atoms with E-state index in [9.17, 15) is 13.6 Å². The zero-order chi connectivity index (χ0) is 20.9. The molecule has 3 aromatic rings. The third-order valence-electron chi connectivity index (χ3n) is 5.84. The van der Waals surface area contributed by atoms with Gasteiger partial charge in [0.25, 0.3) is 12.3 Å². The van der Waals surface area contributed by atoms with E-state index < -0.39 is 13.0 Å². The van der Waals surface area contributed by atoms with E-state index in [1.165, 1.54) is 10.9 Å². The molecule has 2 aliphatic heterocycles. The molecular formula is C20H19ClF2N6O. The van der Waals surface area contributed by atoms with Gasteiger partial charge in [0.2, 0.25) is 0 Å². The Hall–Kier alpha value is -2.81. The number of anilines is 1. The second kappa shape index (κ2) is 7.16. The van der Waals surface area contributed by atoms with E-state index in [-0.39, 0.29) is 11.3 Å². The van der Waals surface area contributed by atoms with Crippen molar-refractivity contribution < 1.29 is 13.6 Å². The lowest BCUT2D eigenvalue weighted by atomic mass is 9.78. The highest BCUT2D eigenvalue weighted by Gasteiger charge is 2.49. The molecule has 4 heterocycles. The summed E-state index contributed by atoms with van der Waals surface area (Å²) in [5, 5.41) is 4.57. The second-order valence-corrected chi connectivity index (χ2v) is 8.43. The van der Waals surface area contributed by atoms with E-state index in [4.69, 9.17) is 11.6 Å². The lowest BCUT2D eigenvalue weighted by Gasteiger charge is -2.48. The molecule has 0 atom stereocenters. The summed E-state index contributed by atoms with van der Waals surface area (Å²) >= 11 is 5.90. The number of carbonyl (C=O) groups excluding carboxylic acids is 1. The highest BCUT2D eigenvalue weighted by molar-refractivity contribution is 6.30. The molecule has 2 fully saturated rings. The first-order valence-corrected chi connectivity index (χ1v) is 10.1. The van der Waals surface area contributed by atoms with Crippen molar-refractivity contribution in [2.24, 2.45) is 5.41 Å². The van der Waals surface area contributed by atoms with Crippen LogP contribution in [0.15, 0.2) is 36.7 Å². The van der Waals surface area contributed by atoms with Crippen LogP contribution in [0.2, 0.25) is 5.02 Å². The van der Waals surface area contributed by atoms with Crippen molar-refractivity contribution in [1.82, 2.24) is 24.6 Å². The number of rotatable bonds is 4. The first-order valence-electron chi connectivity index (χ1n) is 9.69. The third kappa shape index (κ3) is 3.36. The van der Waals surface area contributed by atoms with Crippen molar-refractivity contribution in [2.75, 3.05) is 31.1 Å². The lowest BCUT2D eigenvalue weighted by molar-refractivity contribution is 0.0167. The van der Waals surface area contributed by atoms with Crippen LogP contribution in [0.4, 0.5) is 14.6 Å². The van der Waals surface area contributed by atoms with E-state index in [0.717, 1.165) is 19.5 Å². The molecule has 1 spiro atoms. The average molecular weight is 433 g/mol. The molecule has 156 valence electrons. The molecule has 2 saturated heterocycles. The number of hydrogen-bond acceptors (Lipinski definition) is 5. The largest absolute Gasteiger partial charge is 0.355 e. The number of benzene rings is 1. The summed E-state index contributed by atoms with van der Waals surface area (Å²) in [4.78, 5) is 25.5. The standard InChI is InChI=1S/C20H19ClF2N6O/c21-14-3-1-13(2-4-14)19(30)28-11-20(12-28)5-6-27(10-20)17-8-24-15-7-25-29(9-16(22)23)18(15)26-17/h1-4,7-8,16H,5-6,9-12H2. The molecular weight excluding hydrogens is 414 g/mol. The molecule has 30 heavy (non-hydrogen) atoms. The van der Waals surface area contributed by atoms with Crippen LogP contribution >= 0.6 is 11.6 Å². The predicted octanol–water partition coefficient (Wildman–Crippen LogP) is 3.10. The molecule has 0 radical (unpaired) electrons. The summed E-state index contributed by atoms with van der Waals surface area (Å²) in [6, 6.07) is 6.92. The van der Waals surface area contributed by atoms with Crippen LogP contribution in [-0.2, 0) is 6.54 Å². The Morgan fingerprint density at radius 1 is 1.17 bits per heavy atom. The number of amides is 1. The zero-order valence-corrected chi connectivity index (χ0v) is 16.8. The molecule has 0 saturated carbocycles. The SMILES string of the molecule is O=C(c1ccc(Cl)cc1)N1CC2(CCN(c3cnc4cnn(CC(F)F)c4n3)C2)C1. The molecule has 7 nitrogen and oxygen atoms in total. The maximum Gasteiger partial charge on any atom is 0.258 e. The van der Waals surface area contributed by atoms with Crippen LogP contribution in [-0.4, -0.2) is 63.2 Å². The topological polar surface area (TPSA) is 67.2 Å². The predicted molar refractivity (Wildman–Crippen MR) is 108 cm³/mol. The highest BCUT2D eigenvalue weighted by atomic mass is 35.5. The van der Waals surface area contributed by atoms with Crippen molar-refractivity contribution in [3.8, 4) is 0 Å². The summed E-state index contributed by atoms with van der Waals surface area (Å²) in [7, 11) is 0. The number of halogens is 3. The smallest absolute Gasteiger partial charge is 0.258 e. The number of fused-ring (bicyclic) bond motifs is 1. The quantitative estimate of drug-likeness (QED) is 0.633. The van der Waals surface area contributed by atoms with Gasteiger partial charge in [0.05, 0.1) is 12.4 Å². The van der Waals surface area contributed by atoms with Gasteiger partial charge in [-0.2, -0.15) is 5.10 Å². The summed E-state index contributed by atoms with van der Waals surface area (Å²) < 4.78 is 26.7. The van der Waals surface area contributed by atoms with Crippen LogP contribution in [0.1, 0.15) is 16.8 Å². The van der Waals surface area contributed by atoms with Crippen molar-refractivity contribution >= 4 is 34.5 Å². The monoisotopic (exact) mass is 432 g/mol. The molecule has 0 N–H and O–H groups in total. The van der Waals surface area contributed by atoms with Crippen LogP contribution in [0.3, 0.4) is 0 Å². The Labute approximate surface area is 176 Å². The average Bonchev–Trinajstić information content (AvgIpc) is 3.31. The van der Waals surface area contributed by atoms with Gasteiger partial charge in [-0.25, -0.2) is 23.4 Å². The molecule has 0 aliphatic carbocycles. The van der Waals surface area contributed by atoms with Gasteiger partial charge in [-0.05, 0) is 30.7 Å². The van der Waals surface area contributed by atoms with E-state index in [1.54, 1.807) is 30.5 Å². The number of alkyl halides is 2. The van der Waals surface area contributed by atoms with Crippen molar-refractivity contribution in [3.05, 3.63) is 47.2 Å². The summed E-state index contributed by atoms with van der Waals surface area (Å²) in [6.07, 6.45) is 1.54. The minimum absolute atomic E-state index is 0.00727. The van der Waals surface area contributed by atoms with Gasteiger partial charge in [0.1, 0.15) is 17.9 Å². The molecule has 2 aliphatic rings. The second-order valence-electron chi connectivity index (χ2n) is 7.99. The molecule has 1 amide bonds. The molecule has 2 aromatic heterocycles. The minimum Gasteiger partial charge on any atom is -0.355 e. The summed E-state index contributed by atoms with van der Waals surface area (Å²) in [6.45, 7) is 2.40. The van der Waals surface area contributed by atoms with E-state index in [1.807, 2.05) is 4.90 Å². The van der Waals surface area contributed by atoms with Gasteiger partial charge in [-0.15, -0.1) is 0 Å². The van der Waals surface area contributed by atoms with E-state index >= 15 is 0 Å². The Balaban J connectivity index is 1.27. The zero-order valence-electron chi connectivity index (χ0n) is 16.0. The Kier molecular flexibility index (Phi) is 4.57. The van der Waals surface area contributed by atoms with Crippen molar-refractivity contribution in [3.63, 3.8) is 0 Å². The van der Waals surface area contributed by atoms with Crippen LogP contribution in [0.25, 0.3) is 11.2 Å². The first kappa shape index (κ1) is 19.2. The van der Waals surface area contributed by atoms with Crippen LogP contribution < -0.4 is 4.90 Å². The number of likely N-dealkylation sites (tertiary alicyclic amines) is 1. The van der Waals surface area contributed by atoms with Crippen LogP contribution in [0, 0.1) is 5.41 Å². The van der Waals surface area contributed by atoms with Gasteiger partial charge in [-0.3, -0.25) is 4.79 Å². The number of carbonyl (C=O) groups is 1. The minimum atomic E-state index is -2.51. The molecule has 5 rings (SSSR count). The van der Waals surface area contributed by atoms with Gasteiger partial charge < -0.3 is 9.80 Å². The Bertz CT molecular complexity index is 1100. The highest BCUT2D eigenvalue weighted by Crippen LogP contribution is 2.41. The lowest BCUT2D eigenvalue weighted by Crippen LogP contribution is -2.59. The maximum atomic E-state index is 12.8. The fourth-order valence-electron chi connectivity index (χ4n) is 4.33. The van der Waals surface area contributed by atoms with Crippen molar-refractivity contribution in [2.45, 2.75) is 19.4 Å². The van der Waals surface area contributed by atoms with Gasteiger partial charge in [0, 0.05) is 42.2 Å². The number of aromatic nitrogens is 4. The van der Waals surface area contributed by atoms with Gasteiger partial charge in [-0.1, -0.05) is 11.6 Å². The van der Waals surface area contributed by atoms with Crippen molar-refractivity contribution in [1.29, 1.82) is 0 Å². The normalized spacial score (nSPS) is 17.9. The molecule has 10 heteroatoms. The number of hydrogen-bond donors (Lipinski definition) is 0. The first-order chi connectivity index (χ1) is 14.4. The molecule has 0 unspecified atom stereocenters. The fraction of sp³-hybridized carbons (Fsp3) is 0.400. The fourth-order valence-corrected chi connectivity index (χ4v) is 4.45. The third-order valence-corrected chi connectivity index (χ3v) is 6.09. The molecule has 0 bridgehead atoms. The van der Waals surface area contributed by atoms with E-state index in [0.29, 0.717) is 40.7 Å². The Morgan fingerprint density at radius 3 is 2.67 bits per heavy atom. The summed E-state index contributed by atoms with van der Waals surface area (Å²) in [5.74, 6) is 0.658. The van der Waals surface area contributed by atoms with Gasteiger partial charge >= 0.3 is 0 Å².